The van der Waals surface area contributed by atoms with Gasteiger partial charge in [0.15, 0.2) is 0 Å². The first-order chi connectivity index (χ1) is 11.0. The minimum Gasteiger partial charge on any atom is -0.492 e. The van der Waals surface area contributed by atoms with E-state index in [1.54, 1.807) is 12.1 Å². The van der Waals surface area contributed by atoms with E-state index in [-0.39, 0.29) is 29.4 Å². The first-order valence-corrected chi connectivity index (χ1v) is 7.75. The third kappa shape index (κ3) is 4.94. The number of halogens is 2. The number of ether oxygens (including phenoxy) is 1. The van der Waals surface area contributed by atoms with Gasteiger partial charge in [0.05, 0.1) is 22.1 Å². The van der Waals surface area contributed by atoms with Gasteiger partial charge in [-0.2, -0.15) is 0 Å². The predicted octanol–water partition coefficient (Wildman–Crippen LogP) is 3.82. The zero-order valence-electron chi connectivity index (χ0n) is 11.8. The van der Waals surface area contributed by atoms with E-state index in [9.17, 15) is 14.9 Å². The van der Waals surface area contributed by atoms with E-state index in [1.807, 2.05) is 12.1 Å². The highest BCUT2D eigenvalue weighted by atomic mass is 79.9. The molecule has 0 radical (unpaired) electrons. The number of hydrogen-bond donors (Lipinski definition) is 1. The van der Waals surface area contributed by atoms with Crippen LogP contribution in [-0.2, 0) is 0 Å². The highest BCUT2D eigenvalue weighted by Crippen LogP contribution is 2.22. The zero-order valence-corrected chi connectivity index (χ0v) is 14.1. The summed E-state index contributed by atoms with van der Waals surface area (Å²) in [6, 6.07) is 11.0. The summed E-state index contributed by atoms with van der Waals surface area (Å²) in [6.45, 7) is 0.499. The van der Waals surface area contributed by atoms with Crippen LogP contribution in [0.25, 0.3) is 0 Å². The summed E-state index contributed by atoms with van der Waals surface area (Å²) in [5, 5.41) is 13.5. The van der Waals surface area contributed by atoms with Crippen molar-refractivity contribution in [3.8, 4) is 5.75 Å². The molecule has 0 atom stereocenters. The molecule has 1 N–H and O–H groups in total. The number of nitro groups is 1. The Morgan fingerprint density at radius 3 is 2.78 bits per heavy atom. The molecule has 0 unspecified atom stereocenters. The molecule has 0 heterocycles. The van der Waals surface area contributed by atoms with Gasteiger partial charge in [-0.25, -0.2) is 0 Å². The molecular weight excluding hydrogens is 388 g/mol. The smallest absolute Gasteiger partial charge is 0.270 e. The number of nitro benzene ring substituents is 1. The molecule has 2 rings (SSSR count). The molecule has 0 aliphatic carbocycles. The molecule has 1 amide bonds. The zero-order chi connectivity index (χ0) is 16.8. The molecule has 0 aromatic heterocycles. The normalized spacial score (nSPS) is 10.2. The molecule has 8 heteroatoms. The molecule has 0 aliphatic rings. The number of amides is 1. The molecule has 120 valence electrons. The minimum absolute atomic E-state index is 0.0586. The van der Waals surface area contributed by atoms with Gasteiger partial charge >= 0.3 is 0 Å². The van der Waals surface area contributed by atoms with Crippen LogP contribution in [0.2, 0.25) is 5.02 Å². The van der Waals surface area contributed by atoms with Crippen LogP contribution in [0.4, 0.5) is 5.69 Å². The minimum atomic E-state index is -0.580. The third-order valence-electron chi connectivity index (χ3n) is 2.86. The standard InChI is InChI=1S/C15H12BrClN2O4/c16-10-2-1-3-12(8-10)23-7-6-18-15(20)13-9-11(19(21)22)4-5-14(13)17/h1-5,8-9H,6-7H2,(H,18,20). The van der Waals surface area contributed by atoms with E-state index in [4.69, 9.17) is 16.3 Å². The molecule has 0 spiro atoms. The fourth-order valence-corrected chi connectivity index (χ4v) is 2.37. The van der Waals surface area contributed by atoms with Crippen molar-refractivity contribution in [1.29, 1.82) is 0 Å². The lowest BCUT2D eigenvalue weighted by molar-refractivity contribution is -0.384. The van der Waals surface area contributed by atoms with Gasteiger partial charge in [-0.05, 0) is 24.3 Å². The molecule has 2 aromatic rings. The number of hydrogen-bond acceptors (Lipinski definition) is 4. The molecule has 0 saturated carbocycles. The summed E-state index contributed by atoms with van der Waals surface area (Å²) in [5.41, 5.74) is -0.131. The molecule has 0 aliphatic heterocycles. The van der Waals surface area contributed by atoms with Crippen LogP contribution < -0.4 is 10.1 Å². The molecule has 0 fully saturated rings. The number of nitrogens with one attached hydrogen (secondary N) is 1. The quantitative estimate of drug-likeness (QED) is 0.455. The van der Waals surface area contributed by atoms with Gasteiger partial charge in [0.1, 0.15) is 12.4 Å². The van der Waals surface area contributed by atoms with Gasteiger partial charge in [-0.1, -0.05) is 33.6 Å². The molecule has 2 aromatic carbocycles. The first kappa shape index (κ1) is 17.2. The lowest BCUT2D eigenvalue weighted by Gasteiger charge is -2.09. The van der Waals surface area contributed by atoms with Crippen molar-refractivity contribution in [3.63, 3.8) is 0 Å². The van der Waals surface area contributed by atoms with Gasteiger partial charge in [0.25, 0.3) is 11.6 Å². The van der Waals surface area contributed by atoms with E-state index < -0.39 is 10.8 Å². The van der Waals surface area contributed by atoms with E-state index >= 15 is 0 Å². The van der Waals surface area contributed by atoms with E-state index in [1.165, 1.54) is 12.1 Å². The van der Waals surface area contributed by atoms with E-state index in [0.29, 0.717) is 5.75 Å². The van der Waals surface area contributed by atoms with Crippen molar-refractivity contribution >= 4 is 39.1 Å². The lowest BCUT2D eigenvalue weighted by atomic mass is 10.2. The van der Waals surface area contributed by atoms with Crippen LogP contribution in [-0.4, -0.2) is 24.0 Å². The number of benzene rings is 2. The maximum absolute atomic E-state index is 12.0. The number of carbonyl (C=O) groups is 1. The summed E-state index contributed by atoms with van der Waals surface area (Å²) < 4.78 is 6.37. The van der Waals surface area contributed by atoms with Gasteiger partial charge in [-0.15, -0.1) is 0 Å². The first-order valence-electron chi connectivity index (χ1n) is 6.58. The monoisotopic (exact) mass is 398 g/mol. The molecular formula is C15H12BrClN2O4. The van der Waals surface area contributed by atoms with Crippen molar-refractivity contribution in [2.24, 2.45) is 0 Å². The largest absolute Gasteiger partial charge is 0.492 e. The Morgan fingerprint density at radius 2 is 2.09 bits per heavy atom. The predicted molar refractivity (Wildman–Crippen MR) is 90.1 cm³/mol. The maximum Gasteiger partial charge on any atom is 0.270 e. The fraction of sp³-hybridized carbons (Fsp3) is 0.133. The summed E-state index contributed by atoms with van der Waals surface area (Å²) in [6.07, 6.45) is 0. The summed E-state index contributed by atoms with van der Waals surface area (Å²) in [4.78, 5) is 22.2. The second-order valence-corrected chi connectivity index (χ2v) is 5.81. The number of non-ortho nitro benzene ring substituents is 1. The average Bonchev–Trinajstić information content (AvgIpc) is 2.51. The second-order valence-electron chi connectivity index (χ2n) is 4.48. The highest BCUT2D eigenvalue weighted by Gasteiger charge is 2.15. The summed E-state index contributed by atoms with van der Waals surface area (Å²) in [5.74, 6) is 0.179. The van der Waals surface area contributed by atoms with Gasteiger partial charge in [0.2, 0.25) is 0 Å². The Kier molecular flexibility index (Phi) is 5.95. The van der Waals surface area contributed by atoms with Crippen LogP contribution in [0.15, 0.2) is 46.9 Å². The second kappa shape index (κ2) is 7.94. The van der Waals surface area contributed by atoms with Crippen molar-refractivity contribution in [1.82, 2.24) is 5.32 Å². The highest BCUT2D eigenvalue weighted by molar-refractivity contribution is 9.10. The topological polar surface area (TPSA) is 81.5 Å². The van der Waals surface area contributed by atoms with Crippen LogP contribution in [0, 0.1) is 10.1 Å². The SMILES string of the molecule is O=C(NCCOc1cccc(Br)c1)c1cc([N+](=O)[O-])ccc1Cl. The van der Waals surface area contributed by atoms with Gasteiger partial charge in [0, 0.05) is 16.6 Å². The summed E-state index contributed by atoms with van der Waals surface area (Å²) >= 11 is 9.23. The lowest BCUT2D eigenvalue weighted by Crippen LogP contribution is -2.28. The van der Waals surface area contributed by atoms with Gasteiger partial charge in [-0.3, -0.25) is 14.9 Å². The van der Waals surface area contributed by atoms with Crippen LogP contribution >= 0.6 is 27.5 Å². The molecule has 23 heavy (non-hydrogen) atoms. The van der Waals surface area contributed by atoms with Crippen LogP contribution in [0.3, 0.4) is 0 Å². The Hall–Kier alpha value is -2.12. The molecule has 0 saturated heterocycles. The average molecular weight is 400 g/mol. The summed E-state index contributed by atoms with van der Waals surface area (Å²) in [7, 11) is 0. The van der Waals surface area contributed by atoms with Crippen LogP contribution in [0.5, 0.6) is 5.75 Å². The Morgan fingerprint density at radius 1 is 1.30 bits per heavy atom. The van der Waals surface area contributed by atoms with Gasteiger partial charge < -0.3 is 10.1 Å². The Labute approximate surface area is 145 Å². The van der Waals surface area contributed by atoms with Crippen molar-refractivity contribution in [3.05, 3.63) is 67.6 Å². The molecule has 0 bridgehead atoms. The molecule has 6 nitrogen and oxygen atoms in total. The maximum atomic E-state index is 12.0. The number of nitrogens with zero attached hydrogens (tertiary/aromatic N) is 1. The Bertz CT molecular complexity index is 739. The van der Waals surface area contributed by atoms with Crippen LogP contribution in [0.1, 0.15) is 10.4 Å². The van der Waals surface area contributed by atoms with E-state index in [0.717, 1.165) is 10.5 Å². The Balaban J connectivity index is 1.90. The number of rotatable bonds is 6. The number of carbonyl (C=O) groups excluding carboxylic acids is 1. The van der Waals surface area contributed by atoms with Crippen molar-refractivity contribution in [2.45, 2.75) is 0 Å². The fourth-order valence-electron chi connectivity index (χ4n) is 1.79. The van der Waals surface area contributed by atoms with Crippen molar-refractivity contribution < 1.29 is 14.5 Å². The third-order valence-corrected chi connectivity index (χ3v) is 3.68. The van der Waals surface area contributed by atoms with Crippen molar-refractivity contribution in [2.75, 3.05) is 13.2 Å². The van der Waals surface area contributed by atoms with E-state index in [2.05, 4.69) is 21.2 Å².